The van der Waals surface area contributed by atoms with Crippen LogP contribution in [0, 0.1) is 0 Å². The Labute approximate surface area is 134 Å². The molecule has 3 atom stereocenters. The maximum absolute atomic E-state index is 13.0. The second-order valence-electron chi connectivity index (χ2n) is 6.90. The van der Waals surface area contributed by atoms with Crippen molar-refractivity contribution in [2.45, 2.75) is 57.7 Å². The molecule has 0 bridgehead atoms. The summed E-state index contributed by atoms with van der Waals surface area (Å²) in [5, 5.41) is 0. The fourth-order valence-corrected chi connectivity index (χ4v) is 4.51. The summed E-state index contributed by atoms with van der Waals surface area (Å²) in [5.74, 6) is 0.340. The van der Waals surface area contributed by atoms with Gasteiger partial charge in [-0.15, -0.1) is 0 Å². The number of ether oxygens (including phenoxy) is 1. The van der Waals surface area contributed by atoms with Crippen LogP contribution in [0.4, 0.5) is 0 Å². The third kappa shape index (κ3) is 3.17. The SMILES string of the molecule is CCN1CCC[C@@H]1[C@H]1CCCN1C(=O)[C@H](C)N1CCOCC1. The Kier molecular flexibility index (Phi) is 5.37. The van der Waals surface area contributed by atoms with E-state index in [0.717, 1.165) is 39.4 Å². The topological polar surface area (TPSA) is 36.0 Å². The van der Waals surface area contributed by atoms with E-state index in [1.165, 1.54) is 32.2 Å². The van der Waals surface area contributed by atoms with Crippen LogP contribution in [0.2, 0.25) is 0 Å². The van der Waals surface area contributed by atoms with Crippen LogP contribution in [0.5, 0.6) is 0 Å². The van der Waals surface area contributed by atoms with Crippen molar-refractivity contribution in [2.75, 3.05) is 45.9 Å². The molecule has 3 fully saturated rings. The quantitative estimate of drug-likeness (QED) is 0.781. The molecule has 3 aliphatic heterocycles. The Morgan fingerprint density at radius 1 is 1.09 bits per heavy atom. The molecule has 0 aliphatic carbocycles. The molecule has 126 valence electrons. The average Bonchev–Trinajstić information content (AvgIpc) is 3.22. The van der Waals surface area contributed by atoms with Gasteiger partial charge in [-0.3, -0.25) is 14.6 Å². The molecule has 0 unspecified atom stereocenters. The second kappa shape index (κ2) is 7.28. The number of carbonyl (C=O) groups excluding carboxylic acids is 1. The first-order chi connectivity index (χ1) is 10.7. The van der Waals surface area contributed by atoms with E-state index in [2.05, 4.69) is 28.5 Å². The Bertz CT molecular complexity index is 384. The highest BCUT2D eigenvalue weighted by Gasteiger charge is 2.41. The van der Waals surface area contributed by atoms with E-state index < -0.39 is 0 Å². The van der Waals surface area contributed by atoms with Crippen molar-refractivity contribution >= 4 is 5.91 Å². The lowest BCUT2D eigenvalue weighted by Gasteiger charge is -2.38. The zero-order valence-corrected chi connectivity index (χ0v) is 14.2. The first-order valence-corrected chi connectivity index (χ1v) is 9.08. The van der Waals surface area contributed by atoms with Crippen molar-refractivity contribution in [3.63, 3.8) is 0 Å². The highest BCUT2D eigenvalue weighted by atomic mass is 16.5. The molecule has 5 heteroatoms. The molecule has 3 aliphatic rings. The molecule has 1 amide bonds. The normalized spacial score (nSPS) is 32.5. The summed E-state index contributed by atoms with van der Waals surface area (Å²) in [5.41, 5.74) is 0. The lowest BCUT2D eigenvalue weighted by Crippen LogP contribution is -2.55. The van der Waals surface area contributed by atoms with Gasteiger partial charge in [-0.25, -0.2) is 0 Å². The third-order valence-electron chi connectivity index (χ3n) is 5.80. The fraction of sp³-hybridized carbons (Fsp3) is 0.941. The predicted molar refractivity (Wildman–Crippen MR) is 86.9 cm³/mol. The first kappa shape index (κ1) is 16.2. The van der Waals surface area contributed by atoms with Gasteiger partial charge in [-0.1, -0.05) is 6.92 Å². The van der Waals surface area contributed by atoms with Crippen LogP contribution in [0.3, 0.4) is 0 Å². The van der Waals surface area contributed by atoms with Crippen LogP contribution in [0.15, 0.2) is 0 Å². The summed E-state index contributed by atoms with van der Waals surface area (Å²) in [6, 6.07) is 1.03. The molecule has 0 aromatic carbocycles. The molecule has 3 heterocycles. The second-order valence-corrected chi connectivity index (χ2v) is 6.90. The van der Waals surface area contributed by atoms with Crippen molar-refractivity contribution < 1.29 is 9.53 Å². The van der Waals surface area contributed by atoms with Crippen LogP contribution < -0.4 is 0 Å². The van der Waals surface area contributed by atoms with Gasteiger partial charge in [0.25, 0.3) is 0 Å². The van der Waals surface area contributed by atoms with Gasteiger partial charge in [-0.2, -0.15) is 0 Å². The number of amides is 1. The number of rotatable bonds is 4. The lowest BCUT2D eigenvalue weighted by atomic mass is 10.0. The number of likely N-dealkylation sites (N-methyl/N-ethyl adjacent to an activating group) is 1. The Hall–Kier alpha value is -0.650. The van der Waals surface area contributed by atoms with Gasteiger partial charge < -0.3 is 9.64 Å². The largest absolute Gasteiger partial charge is 0.379 e. The van der Waals surface area contributed by atoms with Gasteiger partial charge in [0, 0.05) is 31.7 Å². The number of hydrogen-bond acceptors (Lipinski definition) is 4. The first-order valence-electron chi connectivity index (χ1n) is 9.08. The molecular formula is C17H31N3O2. The van der Waals surface area contributed by atoms with Gasteiger partial charge in [0.05, 0.1) is 19.3 Å². The highest BCUT2D eigenvalue weighted by molar-refractivity contribution is 5.82. The molecule has 3 saturated heterocycles. The van der Waals surface area contributed by atoms with Crippen molar-refractivity contribution in [1.29, 1.82) is 0 Å². The van der Waals surface area contributed by atoms with E-state index in [0.29, 0.717) is 18.0 Å². The van der Waals surface area contributed by atoms with E-state index in [1.807, 2.05) is 0 Å². The zero-order valence-electron chi connectivity index (χ0n) is 14.2. The lowest BCUT2D eigenvalue weighted by molar-refractivity contribution is -0.139. The molecule has 3 rings (SSSR count). The van der Waals surface area contributed by atoms with Gasteiger partial charge in [0.15, 0.2) is 0 Å². The fourth-order valence-electron chi connectivity index (χ4n) is 4.51. The minimum atomic E-state index is 0.000907. The van der Waals surface area contributed by atoms with Crippen molar-refractivity contribution in [3.8, 4) is 0 Å². The minimum Gasteiger partial charge on any atom is -0.379 e. The van der Waals surface area contributed by atoms with Crippen molar-refractivity contribution in [3.05, 3.63) is 0 Å². The van der Waals surface area contributed by atoms with Crippen LogP contribution >= 0.6 is 0 Å². The van der Waals surface area contributed by atoms with E-state index in [9.17, 15) is 4.79 Å². The molecule has 0 saturated carbocycles. The monoisotopic (exact) mass is 309 g/mol. The Morgan fingerprint density at radius 3 is 2.50 bits per heavy atom. The van der Waals surface area contributed by atoms with Crippen LogP contribution in [-0.2, 0) is 9.53 Å². The predicted octanol–water partition coefficient (Wildman–Crippen LogP) is 1.18. The summed E-state index contributed by atoms with van der Waals surface area (Å²) in [4.78, 5) is 20.1. The number of morpholine rings is 1. The van der Waals surface area contributed by atoms with Gasteiger partial charge in [0.1, 0.15) is 0 Å². The molecule has 0 spiro atoms. The molecule has 0 aromatic heterocycles. The van der Waals surface area contributed by atoms with Crippen molar-refractivity contribution in [1.82, 2.24) is 14.7 Å². The standard InChI is InChI=1S/C17H31N3O2/c1-3-18-8-4-6-15(18)16-7-5-9-20(16)17(21)14(2)19-10-12-22-13-11-19/h14-16H,3-13H2,1-2H3/t14-,15+,16+/m0/s1. The average molecular weight is 309 g/mol. The van der Waals surface area contributed by atoms with Gasteiger partial charge >= 0.3 is 0 Å². The smallest absolute Gasteiger partial charge is 0.239 e. The number of likely N-dealkylation sites (tertiary alicyclic amines) is 2. The molecule has 0 N–H and O–H groups in total. The number of hydrogen-bond donors (Lipinski definition) is 0. The van der Waals surface area contributed by atoms with E-state index in [1.54, 1.807) is 0 Å². The molecule has 0 radical (unpaired) electrons. The molecular weight excluding hydrogens is 278 g/mol. The zero-order chi connectivity index (χ0) is 15.5. The van der Waals surface area contributed by atoms with E-state index >= 15 is 0 Å². The minimum absolute atomic E-state index is 0.000907. The summed E-state index contributed by atoms with van der Waals surface area (Å²) < 4.78 is 5.41. The summed E-state index contributed by atoms with van der Waals surface area (Å²) in [6.45, 7) is 10.9. The third-order valence-corrected chi connectivity index (χ3v) is 5.80. The Morgan fingerprint density at radius 2 is 1.77 bits per heavy atom. The van der Waals surface area contributed by atoms with E-state index in [4.69, 9.17) is 4.74 Å². The maximum Gasteiger partial charge on any atom is 0.239 e. The van der Waals surface area contributed by atoms with Crippen molar-refractivity contribution in [2.24, 2.45) is 0 Å². The van der Waals surface area contributed by atoms with Crippen LogP contribution in [0.25, 0.3) is 0 Å². The van der Waals surface area contributed by atoms with Crippen LogP contribution in [-0.4, -0.2) is 84.7 Å². The number of nitrogens with zero attached hydrogens (tertiary/aromatic N) is 3. The maximum atomic E-state index is 13.0. The summed E-state index contributed by atoms with van der Waals surface area (Å²) in [7, 11) is 0. The van der Waals surface area contributed by atoms with Gasteiger partial charge in [0.2, 0.25) is 5.91 Å². The summed E-state index contributed by atoms with van der Waals surface area (Å²) in [6.07, 6.45) is 4.90. The molecule has 22 heavy (non-hydrogen) atoms. The molecule has 5 nitrogen and oxygen atoms in total. The highest BCUT2D eigenvalue weighted by Crippen LogP contribution is 2.30. The molecule has 0 aromatic rings. The van der Waals surface area contributed by atoms with Crippen LogP contribution in [0.1, 0.15) is 39.5 Å². The number of carbonyl (C=O) groups is 1. The summed E-state index contributed by atoms with van der Waals surface area (Å²) >= 11 is 0. The van der Waals surface area contributed by atoms with Gasteiger partial charge in [-0.05, 0) is 45.7 Å². The van der Waals surface area contributed by atoms with E-state index in [-0.39, 0.29) is 6.04 Å². The Balaban J connectivity index is 1.65.